The van der Waals surface area contributed by atoms with Crippen LogP contribution in [0.2, 0.25) is 0 Å². The van der Waals surface area contributed by atoms with Gasteiger partial charge in [-0.2, -0.15) is 0 Å². The molecule has 160 valence electrons. The number of hydrogen-bond donors (Lipinski definition) is 0. The summed E-state index contributed by atoms with van der Waals surface area (Å²) in [5.41, 5.74) is 7.00. The summed E-state index contributed by atoms with van der Waals surface area (Å²) >= 11 is 0. The standard InChI is InChI=1S/C27H26N4O/c1-2-6-21(7-3-1)22-10-12-23(13-11-22)26-20-28-27-24-8-4-5-9-25(24)30(31(26)27)15-14-29-16-18-32-19-17-29/h1-13,20H,14-19H2. The summed E-state index contributed by atoms with van der Waals surface area (Å²) < 4.78 is 10.2. The van der Waals surface area contributed by atoms with E-state index in [1.165, 1.54) is 27.6 Å². The van der Waals surface area contributed by atoms with Crippen LogP contribution >= 0.6 is 0 Å². The zero-order chi connectivity index (χ0) is 21.3. The van der Waals surface area contributed by atoms with Crippen molar-refractivity contribution in [3.63, 3.8) is 0 Å². The maximum Gasteiger partial charge on any atom is 0.161 e. The van der Waals surface area contributed by atoms with Crippen LogP contribution in [0.4, 0.5) is 0 Å². The highest BCUT2D eigenvalue weighted by molar-refractivity contribution is 5.94. The quantitative estimate of drug-likeness (QED) is 0.402. The molecule has 1 saturated heterocycles. The molecule has 32 heavy (non-hydrogen) atoms. The van der Waals surface area contributed by atoms with Crippen molar-refractivity contribution in [3.05, 3.63) is 85.1 Å². The average Bonchev–Trinajstić information content (AvgIpc) is 3.43. The summed E-state index contributed by atoms with van der Waals surface area (Å²) in [6, 6.07) is 27.9. The number of hydrogen-bond acceptors (Lipinski definition) is 3. The Morgan fingerprint density at radius 1 is 0.719 bits per heavy atom. The average molecular weight is 423 g/mol. The maximum absolute atomic E-state index is 5.52. The highest BCUT2D eigenvalue weighted by Gasteiger charge is 2.18. The van der Waals surface area contributed by atoms with Crippen molar-refractivity contribution in [2.75, 3.05) is 32.8 Å². The SMILES string of the molecule is c1ccc(-c2ccc(-c3cnc4c5ccccc5n(CCN5CCOCC5)n34)cc2)cc1. The van der Waals surface area contributed by atoms with Crippen molar-refractivity contribution in [1.29, 1.82) is 0 Å². The maximum atomic E-state index is 5.52. The first kappa shape index (κ1) is 19.3. The lowest BCUT2D eigenvalue weighted by atomic mass is 10.0. The number of nitrogens with zero attached hydrogens (tertiary/aromatic N) is 4. The number of ether oxygens (including phenoxy) is 1. The molecule has 6 rings (SSSR count). The predicted molar refractivity (Wildman–Crippen MR) is 129 cm³/mol. The van der Waals surface area contributed by atoms with Gasteiger partial charge in [0.05, 0.1) is 37.2 Å². The van der Waals surface area contributed by atoms with Crippen molar-refractivity contribution in [3.8, 4) is 22.4 Å². The smallest absolute Gasteiger partial charge is 0.161 e. The van der Waals surface area contributed by atoms with Crippen molar-refractivity contribution in [2.24, 2.45) is 0 Å². The molecule has 1 aliphatic heterocycles. The van der Waals surface area contributed by atoms with Gasteiger partial charge in [-0.1, -0.05) is 66.7 Å². The molecule has 3 heterocycles. The van der Waals surface area contributed by atoms with Crippen LogP contribution in [-0.2, 0) is 11.3 Å². The van der Waals surface area contributed by atoms with Gasteiger partial charge in [-0.05, 0) is 23.3 Å². The second-order valence-corrected chi connectivity index (χ2v) is 8.32. The minimum atomic E-state index is 0.825. The number of benzene rings is 3. The third kappa shape index (κ3) is 3.40. The molecule has 0 unspecified atom stereocenters. The van der Waals surface area contributed by atoms with E-state index in [4.69, 9.17) is 9.72 Å². The normalized spacial score (nSPS) is 15.0. The molecule has 1 fully saturated rings. The Labute approximate surface area is 187 Å². The van der Waals surface area contributed by atoms with Crippen LogP contribution in [0.3, 0.4) is 0 Å². The Balaban J connectivity index is 1.41. The van der Waals surface area contributed by atoms with Gasteiger partial charge in [0.25, 0.3) is 0 Å². The number of morpholine rings is 1. The zero-order valence-electron chi connectivity index (χ0n) is 18.0. The van der Waals surface area contributed by atoms with Crippen LogP contribution in [-0.4, -0.2) is 51.9 Å². The van der Waals surface area contributed by atoms with E-state index < -0.39 is 0 Å². The molecule has 5 heteroatoms. The molecule has 2 aromatic heterocycles. The molecule has 1 aliphatic rings. The molecule has 0 amide bonds. The van der Waals surface area contributed by atoms with Gasteiger partial charge in [-0.3, -0.25) is 9.58 Å². The van der Waals surface area contributed by atoms with Gasteiger partial charge < -0.3 is 4.74 Å². The fourth-order valence-electron chi connectivity index (χ4n) is 4.71. The Morgan fingerprint density at radius 3 is 2.22 bits per heavy atom. The second-order valence-electron chi connectivity index (χ2n) is 8.32. The monoisotopic (exact) mass is 422 g/mol. The van der Waals surface area contributed by atoms with Gasteiger partial charge in [-0.25, -0.2) is 9.50 Å². The van der Waals surface area contributed by atoms with Crippen molar-refractivity contribution in [2.45, 2.75) is 6.54 Å². The van der Waals surface area contributed by atoms with E-state index in [1.807, 2.05) is 6.20 Å². The number of fused-ring (bicyclic) bond motifs is 3. The van der Waals surface area contributed by atoms with E-state index in [9.17, 15) is 0 Å². The van der Waals surface area contributed by atoms with Crippen LogP contribution in [0.15, 0.2) is 85.1 Å². The molecule has 0 bridgehead atoms. The molecule has 0 N–H and O–H groups in total. The largest absolute Gasteiger partial charge is 0.379 e. The van der Waals surface area contributed by atoms with E-state index in [1.54, 1.807) is 0 Å². The molecule has 5 nitrogen and oxygen atoms in total. The summed E-state index contributed by atoms with van der Waals surface area (Å²) in [6.45, 7) is 5.56. The minimum absolute atomic E-state index is 0.825. The Morgan fingerprint density at radius 2 is 1.41 bits per heavy atom. The van der Waals surface area contributed by atoms with Gasteiger partial charge in [0.2, 0.25) is 0 Å². The number of rotatable bonds is 5. The summed E-state index contributed by atoms with van der Waals surface area (Å²) in [5, 5.41) is 1.20. The minimum Gasteiger partial charge on any atom is -0.379 e. The van der Waals surface area contributed by atoms with Crippen molar-refractivity contribution >= 4 is 16.6 Å². The van der Waals surface area contributed by atoms with E-state index in [0.717, 1.165) is 50.7 Å². The number of aromatic nitrogens is 3. The van der Waals surface area contributed by atoms with Crippen LogP contribution < -0.4 is 0 Å². The fraction of sp³-hybridized carbons (Fsp3) is 0.222. The highest BCUT2D eigenvalue weighted by atomic mass is 16.5. The third-order valence-corrected chi connectivity index (χ3v) is 6.42. The number of imidazole rings is 1. The van der Waals surface area contributed by atoms with Gasteiger partial charge in [-0.15, -0.1) is 0 Å². The first-order valence-corrected chi connectivity index (χ1v) is 11.3. The molecular weight excluding hydrogens is 396 g/mol. The molecular formula is C27H26N4O. The lowest BCUT2D eigenvalue weighted by Crippen LogP contribution is -2.38. The topological polar surface area (TPSA) is 34.7 Å². The molecule has 0 aliphatic carbocycles. The van der Waals surface area contributed by atoms with Crippen LogP contribution in [0.5, 0.6) is 0 Å². The summed E-state index contributed by atoms with van der Waals surface area (Å²) in [5.74, 6) is 0. The zero-order valence-corrected chi connectivity index (χ0v) is 18.0. The third-order valence-electron chi connectivity index (χ3n) is 6.42. The highest BCUT2D eigenvalue weighted by Crippen LogP contribution is 2.29. The fourth-order valence-corrected chi connectivity index (χ4v) is 4.71. The first-order valence-electron chi connectivity index (χ1n) is 11.3. The first-order chi connectivity index (χ1) is 15.9. The summed E-state index contributed by atoms with van der Waals surface area (Å²) in [4.78, 5) is 7.31. The van der Waals surface area contributed by atoms with E-state index in [2.05, 4.69) is 93.0 Å². The van der Waals surface area contributed by atoms with Gasteiger partial charge >= 0.3 is 0 Å². The molecule has 0 saturated carbocycles. The van der Waals surface area contributed by atoms with Crippen LogP contribution in [0.1, 0.15) is 0 Å². The Bertz CT molecular complexity index is 1350. The lowest BCUT2D eigenvalue weighted by Gasteiger charge is -2.26. The van der Waals surface area contributed by atoms with Crippen molar-refractivity contribution < 1.29 is 4.74 Å². The van der Waals surface area contributed by atoms with E-state index in [0.29, 0.717) is 0 Å². The van der Waals surface area contributed by atoms with Crippen LogP contribution in [0, 0.1) is 0 Å². The van der Waals surface area contributed by atoms with Gasteiger partial charge in [0.1, 0.15) is 0 Å². The predicted octanol–water partition coefficient (Wildman–Crippen LogP) is 4.96. The summed E-state index contributed by atoms with van der Waals surface area (Å²) in [6.07, 6.45) is 2.00. The summed E-state index contributed by atoms with van der Waals surface area (Å²) in [7, 11) is 0. The van der Waals surface area contributed by atoms with Gasteiger partial charge in [0, 0.05) is 30.6 Å². The Kier molecular flexibility index (Phi) is 4.98. The second kappa shape index (κ2) is 8.26. The van der Waals surface area contributed by atoms with Gasteiger partial charge in [0.15, 0.2) is 5.65 Å². The molecule has 0 spiro atoms. The molecule has 0 atom stereocenters. The number of para-hydroxylation sites is 1. The molecule has 3 aromatic carbocycles. The molecule has 5 aromatic rings. The Hall–Kier alpha value is -3.41. The van der Waals surface area contributed by atoms with E-state index >= 15 is 0 Å². The van der Waals surface area contributed by atoms with E-state index in [-0.39, 0.29) is 0 Å². The van der Waals surface area contributed by atoms with Crippen molar-refractivity contribution in [1.82, 2.24) is 19.1 Å². The van der Waals surface area contributed by atoms with Crippen LogP contribution in [0.25, 0.3) is 38.9 Å². The molecule has 0 radical (unpaired) electrons. The lowest BCUT2D eigenvalue weighted by molar-refractivity contribution is 0.0360.